The summed E-state index contributed by atoms with van der Waals surface area (Å²) in [6.07, 6.45) is 0.876. The summed E-state index contributed by atoms with van der Waals surface area (Å²) in [4.78, 5) is 4.40. The Labute approximate surface area is 115 Å². The molecule has 0 spiro atoms. The SMILES string of the molecule is Cc1cc(C(N)Cc2c(C)cccc2C)cc(C)n1. The molecule has 2 rings (SSSR count). The molecule has 0 bridgehead atoms. The zero-order valence-corrected chi connectivity index (χ0v) is 12.2. The van der Waals surface area contributed by atoms with Gasteiger partial charge < -0.3 is 5.73 Å². The quantitative estimate of drug-likeness (QED) is 0.909. The molecule has 0 amide bonds. The van der Waals surface area contributed by atoms with Gasteiger partial charge >= 0.3 is 0 Å². The number of hydrogen-bond donors (Lipinski definition) is 1. The van der Waals surface area contributed by atoms with Gasteiger partial charge in [0.05, 0.1) is 0 Å². The Bertz CT molecular complexity index is 547. The van der Waals surface area contributed by atoms with Gasteiger partial charge in [-0.2, -0.15) is 0 Å². The topological polar surface area (TPSA) is 38.9 Å². The Balaban J connectivity index is 2.28. The number of rotatable bonds is 3. The molecule has 1 aromatic carbocycles. The van der Waals surface area contributed by atoms with Gasteiger partial charge in [-0.3, -0.25) is 4.98 Å². The number of benzene rings is 1. The van der Waals surface area contributed by atoms with E-state index >= 15 is 0 Å². The van der Waals surface area contributed by atoms with E-state index < -0.39 is 0 Å². The van der Waals surface area contributed by atoms with Gasteiger partial charge in [0.15, 0.2) is 0 Å². The van der Waals surface area contributed by atoms with Crippen LogP contribution in [0.15, 0.2) is 30.3 Å². The zero-order valence-electron chi connectivity index (χ0n) is 12.2. The number of aromatic nitrogens is 1. The molecule has 1 aromatic heterocycles. The summed E-state index contributed by atoms with van der Waals surface area (Å²) in [6, 6.07) is 10.6. The van der Waals surface area contributed by atoms with Crippen LogP contribution in [0.25, 0.3) is 0 Å². The van der Waals surface area contributed by atoms with Crippen LogP contribution in [0.1, 0.15) is 39.7 Å². The smallest absolute Gasteiger partial charge is 0.0379 e. The summed E-state index contributed by atoms with van der Waals surface area (Å²) in [5, 5.41) is 0. The van der Waals surface area contributed by atoms with E-state index in [1.807, 2.05) is 13.8 Å². The number of aryl methyl sites for hydroxylation is 4. The lowest BCUT2D eigenvalue weighted by molar-refractivity contribution is 0.711. The first-order chi connectivity index (χ1) is 8.97. The predicted octanol–water partition coefficient (Wildman–Crippen LogP) is 3.56. The van der Waals surface area contributed by atoms with Gasteiger partial charge in [0.25, 0.3) is 0 Å². The monoisotopic (exact) mass is 254 g/mol. The molecule has 100 valence electrons. The average Bonchev–Trinajstić information content (AvgIpc) is 2.32. The number of nitrogens with zero attached hydrogens (tertiary/aromatic N) is 1. The first-order valence-corrected chi connectivity index (χ1v) is 6.73. The minimum absolute atomic E-state index is 0.0280. The van der Waals surface area contributed by atoms with Crippen molar-refractivity contribution in [3.8, 4) is 0 Å². The Hall–Kier alpha value is -1.67. The highest BCUT2D eigenvalue weighted by atomic mass is 14.7. The van der Waals surface area contributed by atoms with E-state index in [-0.39, 0.29) is 6.04 Å². The normalized spacial score (nSPS) is 12.5. The van der Waals surface area contributed by atoms with Crippen LogP contribution in [0, 0.1) is 27.7 Å². The van der Waals surface area contributed by atoms with Crippen LogP contribution in [0.4, 0.5) is 0 Å². The van der Waals surface area contributed by atoms with E-state index in [2.05, 4.69) is 49.2 Å². The fraction of sp³-hybridized carbons (Fsp3) is 0.353. The van der Waals surface area contributed by atoms with Crippen LogP contribution < -0.4 is 5.73 Å². The summed E-state index contributed by atoms with van der Waals surface area (Å²) in [5.74, 6) is 0. The highest BCUT2D eigenvalue weighted by Crippen LogP contribution is 2.22. The van der Waals surface area contributed by atoms with Gasteiger partial charge in [-0.15, -0.1) is 0 Å². The minimum atomic E-state index is 0.0280. The highest BCUT2D eigenvalue weighted by Gasteiger charge is 2.11. The maximum absolute atomic E-state index is 6.37. The third-order valence-electron chi connectivity index (χ3n) is 3.60. The van der Waals surface area contributed by atoms with Gasteiger partial charge in [0.1, 0.15) is 0 Å². The molecule has 0 saturated carbocycles. The predicted molar refractivity (Wildman–Crippen MR) is 80.3 cm³/mol. The van der Waals surface area contributed by atoms with Gasteiger partial charge in [-0.05, 0) is 68.5 Å². The van der Waals surface area contributed by atoms with Crippen LogP contribution in [0.3, 0.4) is 0 Å². The number of hydrogen-bond acceptors (Lipinski definition) is 2. The molecule has 0 aliphatic heterocycles. The Morgan fingerprint density at radius 1 is 1.00 bits per heavy atom. The highest BCUT2D eigenvalue weighted by molar-refractivity contribution is 5.35. The molecule has 1 unspecified atom stereocenters. The number of nitrogens with two attached hydrogens (primary N) is 1. The molecule has 0 radical (unpaired) electrons. The van der Waals surface area contributed by atoms with Crippen LogP contribution in [0.5, 0.6) is 0 Å². The van der Waals surface area contributed by atoms with Gasteiger partial charge in [-0.25, -0.2) is 0 Å². The maximum atomic E-state index is 6.37. The standard InChI is InChI=1S/C17H22N2/c1-11-6-5-7-12(2)16(11)10-17(18)15-8-13(3)19-14(4)9-15/h5-9,17H,10,18H2,1-4H3. The van der Waals surface area contributed by atoms with E-state index in [0.717, 1.165) is 17.8 Å². The third kappa shape index (κ3) is 3.21. The van der Waals surface area contributed by atoms with Crippen molar-refractivity contribution in [2.75, 3.05) is 0 Å². The number of pyridine rings is 1. The van der Waals surface area contributed by atoms with E-state index in [4.69, 9.17) is 5.73 Å². The molecule has 1 heterocycles. The van der Waals surface area contributed by atoms with Crippen LogP contribution in [-0.2, 0) is 6.42 Å². The lowest BCUT2D eigenvalue weighted by atomic mass is 9.93. The molecule has 1 atom stereocenters. The first kappa shape index (κ1) is 13.8. The Morgan fingerprint density at radius 2 is 1.53 bits per heavy atom. The lowest BCUT2D eigenvalue weighted by Crippen LogP contribution is -2.15. The molecule has 2 N–H and O–H groups in total. The molecular weight excluding hydrogens is 232 g/mol. The fourth-order valence-electron chi connectivity index (χ4n) is 2.59. The fourth-order valence-corrected chi connectivity index (χ4v) is 2.59. The van der Waals surface area contributed by atoms with Crippen molar-refractivity contribution in [2.45, 2.75) is 40.2 Å². The molecule has 0 aliphatic carbocycles. The van der Waals surface area contributed by atoms with E-state index in [1.165, 1.54) is 22.3 Å². The summed E-state index contributed by atoms with van der Waals surface area (Å²) >= 11 is 0. The summed E-state index contributed by atoms with van der Waals surface area (Å²) in [5.41, 5.74) is 13.6. The zero-order chi connectivity index (χ0) is 14.0. The van der Waals surface area contributed by atoms with Crippen molar-refractivity contribution in [1.82, 2.24) is 4.98 Å². The molecule has 0 aliphatic rings. The molecule has 0 saturated heterocycles. The Kier molecular flexibility index (Phi) is 4.01. The second-order valence-electron chi connectivity index (χ2n) is 5.36. The largest absolute Gasteiger partial charge is 0.324 e. The van der Waals surface area contributed by atoms with E-state index in [9.17, 15) is 0 Å². The van der Waals surface area contributed by atoms with Crippen molar-refractivity contribution in [3.63, 3.8) is 0 Å². The Morgan fingerprint density at radius 3 is 2.05 bits per heavy atom. The van der Waals surface area contributed by atoms with Crippen LogP contribution in [-0.4, -0.2) is 4.98 Å². The summed E-state index contributed by atoms with van der Waals surface area (Å²) in [6.45, 7) is 8.33. The van der Waals surface area contributed by atoms with Gasteiger partial charge in [0, 0.05) is 17.4 Å². The molecule has 2 aromatic rings. The molecule has 19 heavy (non-hydrogen) atoms. The molecular formula is C17H22N2. The summed E-state index contributed by atoms with van der Waals surface area (Å²) in [7, 11) is 0. The lowest BCUT2D eigenvalue weighted by Gasteiger charge is -2.17. The third-order valence-corrected chi connectivity index (χ3v) is 3.60. The van der Waals surface area contributed by atoms with Crippen molar-refractivity contribution in [3.05, 3.63) is 64.0 Å². The minimum Gasteiger partial charge on any atom is -0.324 e. The molecule has 2 heteroatoms. The second kappa shape index (κ2) is 5.54. The maximum Gasteiger partial charge on any atom is 0.0379 e. The van der Waals surface area contributed by atoms with Crippen LogP contribution in [0.2, 0.25) is 0 Å². The van der Waals surface area contributed by atoms with Crippen molar-refractivity contribution in [1.29, 1.82) is 0 Å². The second-order valence-corrected chi connectivity index (χ2v) is 5.36. The molecule has 0 fully saturated rings. The van der Waals surface area contributed by atoms with Crippen molar-refractivity contribution >= 4 is 0 Å². The van der Waals surface area contributed by atoms with Gasteiger partial charge in [0.2, 0.25) is 0 Å². The van der Waals surface area contributed by atoms with Crippen molar-refractivity contribution < 1.29 is 0 Å². The first-order valence-electron chi connectivity index (χ1n) is 6.73. The van der Waals surface area contributed by atoms with E-state index in [1.54, 1.807) is 0 Å². The van der Waals surface area contributed by atoms with Gasteiger partial charge in [-0.1, -0.05) is 18.2 Å². The van der Waals surface area contributed by atoms with Crippen molar-refractivity contribution in [2.24, 2.45) is 5.73 Å². The van der Waals surface area contributed by atoms with Crippen LogP contribution >= 0.6 is 0 Å². The summed E-state index contributed by atoms with van der Waals surface area (Å²) < 4.78 is 0. The van der Waals surface area contributed by atoms with E-state index in [0.29, 0.717) is 0 Å². The molecule has 2 nitrogen and oxygen atoms in total. The average molecular weight is 254 g/mol.